The molecule has 1 aromatic carbocycles. The van der Waals surface area contributed by atoms with Crippen LogP contribution in [-0.2, 0) is 6.54 Å². The van der Waals surface area contributed by atoms with Crippen LogP contribution in [0.25, 0.3) is 0 Å². The van der Waals surface area contributed by atoms with Crippen molar-refractivity contribution in [2.24, 2.45) is 10.7 Å². The fourth-order valence-electron chi connectivity index (χ4n) is 1.42. The van der Waals surface area contributed by atoms with Gasteiger partial charge in [0.15, 0.2) is 5.96 Å². The third-order valence-electron chi connectivity index (χ3n) is 2.24. The van der Waals surface area contributed by atoms with E-state index < -0.39 is 0 Å². The highest BCUT2D eigenvalue weighted by molar-refractivity contribution is 5.93. The fraction of sp³-hybridized carbons (Fsp3) is 0.167. The maximum absolute atomic E-state index is 5.79. The Balaban J connectivity index is 2.06. The molecule has 2 rings (SSSR count). The van der Waals surface area contributed by atoms with E-state index in [4.69, 9.17) is 5.73 Å². The number of hydrogen-bond acceptors (Lipinski definition) is 2. The smallest absolute Gasteiger partial charge is 0.198 e. The van der Waals surface area contributed by atoms with Crippen LogP contribution >= 0.6 is 0 Å². The van der Waals surface area contributed by atoms with Crippen LogP contribution in [0.3, 0.4) is 0 Å². The van der Waals surface area contributed by atoms with Crippen molar-refractivity contribution < 1.29 is 0 Å². The Hall–Kier alpha value is -2.30. The molecule has 0 amide bonds. The molecule has 2 aromatic rings. The van der Waals surface area contributed by atoms with Gasteiger partial charge in [0.25, 0.3) is 0 Å². The minimum atomic E-state index is 0.354. The fourth-order valence-corrected chi connectivity index (χ4v) is 1.42. The first-order chi connectivity index (χ1) is 8.28. The first-order valence-electron chi connectivity index (χ1n) is 5.46. The molecule has 0 aliphatic carbocycles. The van der Waals surface area contributed by atoms with E-state index in [0.29, 0.717) is 5.96 Å². The normalized spacial score (nSPS) is 11.5. The Labute approximate surface area is 100.0 Å². The predicted molar refractivity (Wildman–Crippen MR) is 69.2 cm³/mol. The van der Waals surface area contributed by atoms with Gasteiger partial charge in [-0.15, -0.1) is 0 Å². The molecular formula is C12H15N5. The van der Waals surface area contributed by atoms with Gasteiger partial charge in [-0.2, -0.15) is 5.10 Å². The van der Waals surface area contributed by atoms with Crippen molar-refractivity contribution in [3.63, 3.8) is 0 Å². The van der Waals surface area contributed by atoms with Gasteiger partial charge in [0.2, 0.25) is 0 Å². The molecule has 0 radical (unpaired) electrons. The summed E-state index contributed by atoms with van der Waals surface area (Å²) in [6.45, 7) is 2.86. The van der Waals surface area contributed by atoms with Gasteiger partial charge >= 0.3 is 0 Å². The molecule has 0 saturated heterocycles. The molecule has 3 N–H and O–H groups in total. The molecule has 5 nitrogen and oxygen atoms in total. The summed E-state index contributed by atoms with van der Waals surface area (Å²) in [6.07, 6.45) is 3.60. The second-order valence-electron chi connectivity index (χ2n) is 3.54. The van der Waals surface area contributed by atoms with Crippen LogP contribution in [0.1, 0.15) is 6.92 Å². The van der Waals surface area contributed by atoms with Gasteiger partial charge in [0.1, 0.15) is 0 Å². The van der Waals surface area contributed by atoms with Crippen LogP contribution in [-0.4, -0.2) is 15.7 Å². The molecule has 1 aromatic heterocycles. The van der Waals surface area contributed by atoms with Crippen molar-refractivity contribution in [3.8, 4) is 0 Å². The lowest BCUT2D eigenvalue weighted by Gasteiger charge is -2.01. The molecule has 17 heavy (non-hydrogen) atoms. The maximum Gasteiger partial charge on any atom is 0.198 e. The Bertz CT molecular complexity index is 501. The highest BCUT2D eigenvalue weighted by Crippen LogP contribution is 2.10. The van der Waals surface area contributed by atoms with Crippen LogP contribution < -0.4 is 11.1 Å². The average molecular weight is 229 g/mol. The van der Waals surface area contributed by atoms with Crippen molar-refractivity contribution in [1.82, 2.24) is 9.78 Å². The van der Waals surface area contributed by atoms with E-state index in [0.717, 1.165) is 17.9 Å². The summed E-state index contributed by atoms with van der Waals surface area (Å²) in [6, 6.07) is 9.56. The van der Waals surface area contributed by atoms with Crippen molar-refractivity contribution >= 4 is 17.3 Å². The Morgan fingerprint density at radius 2 is 2.18 bits per heavy atom. The van der Waals surface area contributed by atoms with Crippen LogP contribution in [0.15, 0.2) is 47.7 Å². The molecular weight excluding hydrogens is 214 g/mol. The third kappa shape index (κ3) is 3.07. The Kier molecular flexibility index (Phi) is 3.40. The summed E-state index contributed by atoms with van der Waals surface area (Å²) in [5.41, 5.74) is 7.45. The first-order valence-corrected chi connectivity index (χ1v) is 5.46. The van der Waals surface area contributed by atoms with Gasteiger partial charge in [-0.3, -0.25) is 4.68 Å². The number of nitrogens with one attached hydrogen (secondary N) is 1. The first kappa shape index (κ1) is 11.2. The number of aromatic nitrogens is 2. The van der Waals surface area contributed by atoms with Crippen molar-refractivity contribution in [1.29, 1.82) is 0 Å². The van der Waals surface area contributed by atoms with E-state index in [2.05, 4.69) is 15.4 Å². The molecule has 0 spiro atoms. The van der Waals surface area contributed by atoms with Gasteiger partial charge < -0.3 is 11.1 Å². The lowest BCUT2D eigenvalue weighted by molar-refractivity contribution is 0.660. The number of benzene rings is 1. The molecule has 88 valence electrons. The van der Waals surface area contributed by atoms with E-state index in [9.17, 15) is 0 Å². The van der Waals surface area contributed by atoms with E-state index >= 15 is 0 Å². The monoisotopic (exact) mass is 229 g/mol. The molecule has 1 heterocycles. The second kappa shape index (κ2) is 5.16. The Morgan fingerprint density at radius 3 is 2.82 bits per heavy atom. The highest BCUT2D eigenvalue weighted by atomic mass is 15.3. The maximum atomic E-state index is 5.79. The van der Waals surface area contributed by atoms with Gasteiger partial charge in [-0.25, -0.2) is 4.99 Å². The van der Waals surface area contributed by atoms with Crippen LogP contribution in [0.2, 0.25) is 0 Å². The SMILES string of the molecule is CCn1cc(NC(N)=Nc2ccccc2)cn1. The quantitative estimate of drug-likeness (QED) is 0.624. The van der Waals surface area contributed by atoms with E-state index in [1.54, 1.807) is 6.20 Å². The standard InChI is InChI=1S/C12H15N5/c1-2-17-9-11(8-14-17)16-12(13)15-10-6-4-3-5-7-10/h3-9H,2H2,1H3,(H3,13,15,16). The molecule has 5 heteroatoms. The number of para-hydroxylation sites is 1. The summed E-state index contributed by atoms with van der Waals surface area (Å²) in [5.74, 6) is 0.354. The van der Waals surface area contributed by atoms with E-state index in [1.165, 1.54) is 0 Å². The molecule has 0 fully saturated rings. The van der Waals surface area contributed by atoms with Crippen molar-refractivity contribution in [2.75, 3.05) is 5.32 Å². The molecule has 0 unspecified atom stereocenters. The summed E-state index contributed by atoms with van der Waals surface area (Å²) in [5, 5.41) is 7.13. The zero-order valence-electron chi connectivity index (χ0n) is 9.67. The van der Waals surface area contributed by atoms with Crippen LogP contribution in [0.5, 0.6) is 0 Å². The zero-order chi connectivity index (χ0) is 12.1. The number of aliphatic imine (C=N–C) groups is 1. The molecule has 0 aliphatic rings. The number of aryl methyl sites for hydroxylation is 1. The van der Waals surface area contributed by atoms with Crippen LogP contribution in [0, 0.1) is 0 Å². The average Bonchev–Trinajstić information content (AvgIpc) is 2.78. The Morgan fingerprint density at radius 1 is 1.41 bits per heavy atom. The minimum Gasteiger partial charge on any atom is -0.369 e. The number of nitrogens with two attached hydrogens (primary N) is 1. The number of guanidine groups is 1. The van der Waals surface area contributed by atoms with Gasteiger partial charge in [-0.05, 0) is 19.1 Å². The molecule has 0 atom stereocenters. The van der Waals surface area contributed by atoms with Gasteiger partial charge in [-0.1, -0.05) is 18.2 Å². The number of rotatable bonds is 3. The number of nitrogens with zero attached hydrogens (tertiary/aromatic N) is 3. The number of anilines is 1. The largest absolute Gasteiger partial charge is 0.369 e. The lowest BCUT2D eigenvalue weighted by atomic mass is 10.3. The van der Waals surface area contributed by atoms with E-state index in [-0.39, 0.29) is 0 Å². The van der Waals surface area contributed by atoms with Crippen molar-refractivity contribution in [2.45, 2.75) is 13.5 Å². The topological polar surface area (TPSA) is 68.2 Å². The zero-order valence-corrected chi connectivity index (χ0v) is 9.67. The lowest BCUT2D eigenvalue weighted by Crippen LogP contribution is -2.21. The summed E-state index contributed by atoms with van der Waals surface area (Å²) in [7, 11) is 0. The van der Waals surface area contributed by atoms with Gasteiger partial charge in [0.05, 0.1) is 17.6 Å². The second-order valence-corrected chi connectivity index (χ2v) is 3.54. The molecule has 0 bridgehead atoms. The molecule has 0 saturated carbocycles. The highest BCUT2D eigenvalue weighted by Gasteiger charge is 1.98. The minimum absolute atomic E-state index is 0.354. The number of hydrogen-bond donors (Lipinski definition) is 2. The molecule has 0 aliphatic heterocycles. The van der Waals surface area contributed by atoms with E-state index in [1.807, 2.05) is 48.1 Å². The summed E-state index contributed by atoms with van der Waals surface area (Å²) < 4.78 is 1.82. The van der Waals surface area contributed by atoms with Gasteiger partial charge in [0, 0.05) is 12.7 Å². The van der Waals surface area contributed by atoms with Crippen molar-refractivity contribution in [3.05, 3.63) is 42.7 Å². The summed E-state index contributed by atoms with van der Waals surface area (Å²) in [4.78, 5) is 4.24. The predicted octanol–water partition coefficient (Wildman–Crippen LogP) is 1.96. The van der Waals surface area contributed by atoms with Crippen LogP contribution in [0.4, 0.5) is 11.4 Å². The third-order valence-corrected chi connectivity index (χ3v) is 2.24. The summed E-state index contributed by atoms with van der Waals surface area (Å²) >= 11 is 0.